The molecule has 1 aromatic heterocycles. The molecule has 2 aliphatic heterocycles. The van der Waals surface area contributed by atoms with E-state index in [2.05, 4.69) is 5.32 Å². The van der Waals surface area contributed by atoms with Crippen molar-refractivity contribution in [1.29, 1.82) is 0 Å². The van der Waals surface area contributed by atoms with E-state index in [1.54, 1.807) is 6.08 Å². The molecule has 3 N–H and O–H groups in total. The Bertz CT molecular complexity index is 1550. The number of rotatable bonds is 9. The van der Waals surface area contributed by atoms with Gasteiger partial charge in [-0.25, -0.2) is 8.42 Å². The molecule has 0 bridgehead atoms. The van der Waals surface area contributed by atoms with E-state index in [1.807, 2.05) is 36.7 Å². The van der Waals surface area contributed by atoms with Crippen LogP contribution in [0.15, 0.2) is 28.7 Å². The number of aryl methyl sites for hydroxylation is 2. The summed E-state index contributed by atoms with van der Waals surface area (Å²) < 4.78 is 67.7. The van der Waals surface area contributed by atoms with Crippen molar-refractivity contribution in [3.8, 4) is 0 Å². The average molecular weight is 639 g/mol. The number of aliphatic hydroxyl groups excluding tert-OH is 2. The molecule has 3 heterocycles. The first-order chi connectivity index (χ1) is 20.7. The number of hydrogen-bond acceptors (Lipinski definition) is 6. The molecule has 1 atom stereocenters. The second kappa shape index (κ2) is 12.6. The van der Waals surface area contributed by atoms with Crippen molar-refractivity contribution >= 4 is 38.7 Å². The summed E-state index contributed by atoms with van der Waals surface area (Å²) in [5, 5.41) is 24.1. The molecule has 1 saturated heterocycles. The summed E-state index contributed by atoms with van der Waals surface area (Å²) in [4.78, 5) is 17.8. The molecule has 5 rings (SSSR count). The summed E-state index contributed by atoms with van der Waals surface area (Å²) in [7, 11) is -3.78. The zero-order valence-corrected chi connectivity index (χ0v) is 25.9. The van der Waals surface area contributed by atoms with Gasteiger partial charge in [-0.1, -0.05) is 0 Å². The number of aliphatic imine (C=N–C) groups is 1. The number of aromatic nitrogens is 1. The van der Waals surface area contributed by atoms with Crippen LogP contribution in [0.25, 0.3) is 17.0 Å². The fourth-order valence-electron chi connectivity index (χ4n) is 6.90. The number of sulfonamides is 1. The van der Waals surface area contributed by atoms with Crippen LogP contribution in [0.4, 0.5) is 13.2 Å². The Balaban J connectivity index is 1.22. The third-order valence-electron chi connectivity index (χ3n) is 9.60. The molecule has 1 aliphatic carbocycles. The van der Waals surface area contributed by atoms with Crippen LogP contribution in [0, 0.1) is 25.7 Å². The molecule has 2 aromatic rings. The van der Waals surface area contributed by atoms with E-state index in [9.17, 15) is 36.6 Å². The lowest BCUT2D eigenvalue weighted by molar-refractivity contribution is -0.138. The predicted octanol–water partition coefficient (Wildman–Crippen LogP) is 4.42. The van der Waals surface area contributed by atoms with Gasteiger partial charge in [0.1, 0.15) is 11.4 Å². The maximum absolute atomic E-state index is 13.3. The molecule has 9 nitrogen and oxygen atoms in total. The standard InChI is InChI=1S/C31H41F3N4O5S/c1-20-17-27-26(8-13-37(27)18-24(40)19-39)21(2)25(20)9-16-44(42,43)38-14-11-30(12-15-38)29(41)35-28(36-30)23-5-3-22(4-6-23)7-10-31(32,33)34/h8-9,13,16-17,22-24,39-40H,3-7,10-12,14-15,18-19H2,1-2H3,(H,35,36,41). The van der Waals surface area contributed by atoms with Crippen LogP contribution in [0.1, 0.15) is 68.1 Å². The summed E-state index contributed by atoms with van der Waals surface area (Å²) in [5.74, 6) is 0.409. The number of benzene rings is 1. The van der Waals surface area contributed by atoms with Gasteiger partial charge in [0.25, 0.3) is 5.91 Å². The zero-order chi connectivity index (χ0) is 31.9. The van der Waals surface area contributed by atoms with E-state index in [1.165, 1.54) is 9.71 Å². The third-order valence-corrected chi connectivity index (χ3v) is 11.2. The monoisotopic (exact) mass is 638 g/mol. The predicted molar refractivity (Wildman–Crippen MR) is 162 cm³/mol. The van der Waals surface area contributed by atoms with Crippen LogP contribution >= 0.6 is 0 Å². The average Bonchev–Trinajstić information content (AvgIpc) is 3.52. The summed E-state index contributed by atoms with van der Waals surface area (Å²) in [6, 6.07) is 3.85. The van der Waals surface area contributed by atoms with Crippen molar-refractivity contribution in [2.45, 2.75) is 89.6 Å². The van der Waals surface area contributed by atoms with E-state index < -0.39 is 34.3 Å². The number of alkyl halides is 3. The number of nitrogens with zero attached hydrogens (tertiary/aromatic N) is 3. The number of fused-ring (bicyclic) bond motifs is 1. The van der Waals surface area contributed by atoms with Gasteiger partial charge in [-0.2, -0.15) is 17.5 Å². The highest BCUT2D eigenvalue weighted by Crippen LogP contribution is 2.38. The van der Waals surface area contributed by atoms with Crippen LogP contribution in [-0.4, -0.2) is 76.8 Å². The largest absolute Gasteiger partial charge is 0.394 e. The number of amides is 1. The maximum atomic E-state index is 13.3. The van der Waals surface area contributed by atoms with Gasteiger partial charge in [-0.3, -0.25) is 9.79 Å². The van der Waals surface area contributed by atoms with Crippen molar-refractivity contribution < 1.29 is 36.6 Å². The lowest BCUT2D eigenvalue weighted by Crippen LogP contribution is -2.50. The minimum absolute atomic E-state index is 0.00521. The quantitative estimate of drug-likeness (QED) is 0.375. The van der Waals surface area contributed by atoms with Gasteiger partial charge in [0.05, 0.1) is 19.3 Å². The molecular weight excluding hydrogens is 597 g/mol. The van der Waals surface area contributed by atoms with Crippen molar-refractivity contribution in [2.24, 2.45) is 16.8 Å². The Labute approximate surface area is 255 Å². The summed E-state index contributed by atoms with van der Waals surface area (Å²) in [6.45, 7) is 4.01. The fraction of sp³-hybridized carbons (Fsp3) is 0.613. The van der Waals surface area contributed by atoms with Crippen LogP contribution in [0.3, 0.4) is 0 Å². The third kappa shape index (κ3) is 6.90. The molecule has 1 amide bonds. The molecule has 13 heteroatoms. The topological polar surface area (TPSA) is 124 Å². The lowest BCUT2D eigenvalue weighted by Gasteiger charge is -2.34. The number of hydrogen-bond donors (Lipinski definition) is 3. The fourth-order valence-corrected chi connectivity index (χ4v) is 8.08. The maximum Gasteiger partial charge on any atom is 0.389 e. The number of aliphatic hydroxyl groups is 2. The minimum Gasteiger partial charge on any atom is -0.394 e. The van der Waals surface area contributed by atoms with Crippen molar-refractivity contribution in [3.63, 3.8) is 0 Å². The Kier molecular flexibility index (Phi) is 9.33. The molecular formula is C31H41F3N4O5S. The molecule has 1 aromatic carbocycles. The summed E-state index contributed by atoms with van der Waals surface area (Å²) in [6.07, 6.45) is 1.01. The highest BCUT2D eigenvalue weighted by molar-refractivity contribution is 7.92. The van der Waals surface area contributed by atoms with Gasteiger partial charge in [0.15, 0.2) is 0 Å². The van der Waals surface area contributed by atoms with Crippen LogP contribution in [0.2, 0.25) is 0 Å². The van der Waals surface area contributed by atoms with Crippen molar-refractivity contribution in [2.75, 3.05) is 19.7 Å². The van der Waals surface area contributed by atoms with E-state index in [4.69, 9.17) is 4.99 Å². The van der Waals surface area contributed by atoms with Crippen molar-refractivity contribution in [1.82, 2.24) is 14.2 Å². The number of carbonyl (C=O) groups excluding carboxylic acids is 1. The van der Waals surface area contributed by atoms with Crippen molar-refractivity contribution in [3.05, 3.63) is 40.4 Å². The van der Waals surface area contributed by atoms with Gasteiger partial charge in [0.2, 0.25) is 10.0 Å². The Hall–Kier alpha value is -2.74. The van der Waals surface area contributed by atoms with Crippen LogP contribution < -0.4 is 5.32 Å². The molecule has 44 heavy (non-hydrogen) atoms. The van der Waals surface area contributed by atoms with E-state index >= 15 is 0 Å². The van der Waals surface area contributed by atoms with E-state index in [-0.39, 0.29) is 63.2 Å². The van der Waals surface area contributed by atoms with E-state index in [0.717, 1.165) is 27.6 Å². The number of carbonyl (C=O) groups is 1. The van der Waals surface area contributed by atoms with Gasteiger partial charge in [-0.05, 0) is 99.6 Å². The minimum atomic E-state index is -4.14. The number of piperidine rings is 1. The second-order valence-corrected chi connectivity index (χ2v) is 14.4. The Morgan fingerprint density at radius 3 is 2.50 bits per heavy atom. The lowest BCUT2D eigenvalue weighted by atomic mass is 9.79. The zero-order valence-electron chi connectivity index (χ0n) is 25.1. The SMILES string of the molecule is Cc1cc2c(ccn2CC(O)CO)c(C)c1C=CS(=O)(=O)N1CCC2(CC1)N=C(C1CCC(CCC(F)(F)F)CC1)NC2=O. The van der Waals surface area contributed by atoms with Crippen LogP contribution in [-0.2, 0) is 21.4 Å². The van der Waals surface area contributed by atoms with Crippen LogP contribution in [0.5, 0.6) is 0 Å². The van der Waals surface area contributed by atoms with E-state index in [0.29, 0.717) is 31.5 Å². The van der Waals surface area contributed by atoms with Gasteiger partial charge in [-0.15, -0.1) is 0 Å². The molecule has 0 radical (unpaired) electrons. The van der Waals surface area contributed by atoms with Gasteiger partial charge < -0.3 is 20.1 Å². The first kappa shape index (κ1) is 32.6. The summed E-state index contributed by atoms with van der Waals surface area (Å²) >= 11 is 0. The molecule has 1 saturated carbocycles. The molecule has 2 fully saturated rings. The molecule has 1 unspecified atom stereocenters. The second-order valence-electron chi connectivity index (χ2n) is 12.6. The number of halogens is 3. The first-order valence-corrected chi connectivity index (χ1v) is 16.8. The number of nitrogens with one attached hydrogen (secondary N) is 1. The number of amidine groups is 1. The highest BCUT2D eigenvalue weighted by Gasteiger charge is 2.48. The van der Waals surface area contributed by atoms with Gasteiger partial charge >= 0.3 is 6.18 Å². The smallest absolute Gasteiger partial charge is 0.389 e. The van der Waals surface area contributed by atoms with Gasteiger partial charge in [0, 0.05) is 47.9 Å². The normalized spacial score (nSPS) is 23.9. The Morgan fingerprint density at radius 2 is 1.86 bits per heavy atom. The first-order valence-electron chi connectivity index (χ1n) is 15.3. The molecule has 242 valence electrons. The highest BCUT2D eigenvalue weighted by atomic mass is 32.2. The summed E-state index contributed by atoms with van der Waals surface area (Å²) in [5.41, 5.74) is 2.44. The molecule has 1 spiro atoms. The Morgan fingerprint density at radius 1 is 1.18 bits per heavy atom. The molecule has 3 aliphatic rings.